The van der Waals surface area contributed by atoms with Gasteiger partial charge in [-0.3, -0.25) is 9.59 Å². The Balaban J connectivity index is 1.73. The van der Waals surface area contributed by atoms with Crippen molar-refractivity contribution < 1.29 is 9.59 Å². The van der Waals surface area contributed by atoms with Crippen LogP contribution < -0.4 is 10.6 Å². The van der Waals surface area contributed by atoms with E-state index in [2.05, 4.69) is 27.4 Å². The summed E-state index contributed by atoms with van der Waals surface area (Å²) in [6, 6.07) is 4.61. The molecule has 2 N–H and O–H groups in total. The lowest BCUT2D eigenvalue weighted by Crippen LogP contribution is -2.37. The molecular weight excluding hydrogens is 493 g/mol. The van der Waals surface area contributed by atoms with Gasteiger partial charge >= 0.3 is 0 Å². The lowest BCUT2D eigenvalue weighted by Gasteiger charge is -2.23. The topological polar surface area (TPSA) is 88.9 Å². The molecule has 0 radical (unpaired) electrons. The van der Waals surface area contributed by atoms with Gasteiger partial charge in [-0.1, -0.05) is 74.1 Å². The zero-order valence-corrected chi connectivity index (χ0v) is 21.8. The summed E-state index contributed by atoms with van der Waals surface area (Å²) in [5, 5.41) is 16.2. The molecule has 1 heterocycles. The van der Waals surface area contributed by atoms with Crippen molar-refractivity contribution in [1.29, 1.82) is 0 Å². The molecule has 1 aliphatic carbocycles. The van der Waals surface area contributed by atoms with Crippen molar-refractivity contribution in [2.75, 3.05) is 5.75 Å². The first-order chi connectivity index (χ1) is 16.3. The van der Waals surface area contributed by atoms with Crippen LogP contribution in [0.2, 0.25) is 10.0 Å². The number of allylic oxidation sites excluding steroid dienone is 1. The Hall–Kier alpha value is -2.03. The lowest BCUT2D eigenvalue weighted by atomic mass is 9.95. The number of hydrogen-bond acceptors (Lipinski definition) is 5. The minimum atomic E-state index is -0.419. The maximum Gasteiger partial charge on any atom is 0.253 e. The first kappa shape index (κ1) is 26.6. The molecular formula is C24H31Cl2N5O2S. The van der Waals surface area contributed by atoms with Crippen LogP contribution in [0, 0.1) is 5.92 Å². The van der Waals surface area contributed by atoms with Gasteiger partial charge in [0.25, 0.3) is 5.91 Å². The molecule has 1 aliphatic rings. The van der Waals surface area contributed by atoms with Crippen molar-refractivity contribution in [1.82, 2.24) is 25.4 Å². The molecule has 7 nitrogen and oxygen atoms in total. The van der Waals surface area contributed by atoms with Gasteiger partial charge in [-0.2, -0.15) is 0 Å². The van der Waals surface area contributed by atoms with Crippen LogP contribution in [-0.4, -0.2) is 38.4 Å². The fourth-order valence-electron chi connectivity index (χ4n) is 4.01. The Bertz CT molecular complexity index is 1020. The van der Waals surface area contributed by atoms with E-state index in [-0.39, 0.29) is 34.5 Å². The Morgan fingerprint density at radius 3 is 2.62 bits per heavy atom. The second-order valence-corrected chi connectivity index (χ2v) is 10.5. The van der Waals surface area contributed by atoms with E-state index in [1.54, 1.807) is 18.2 Å². The summed E-state index contributed by atoms with van der Waals surface area (Å²) in [4.78, 5) is 25.4. The molecule has 1 aromatic carbocycles. The van der Waals surface area contributed by atoms with Crippen LogP contribution in [0.3, 0.4) is 0 Å². The quantitative estimate of drug-likeness (QED) is 0.319. The third-order valence-corrected chi connectivity index (χ3v) is 7.28. The largest absolute Gasteiger partial charge is 0.353 e. The molecule has 0 saturated heterocycles. The molecule has 1 atom stereocenters. The van der Waals surface area contributed by atoms with Crippen LogP contribution in [0.1, 0.15) is 68.2 Å². The molecule has 1 unspecified atom stereocenters. The van der Waals surface area contributed by atoms with Crippen LogP contribution in [0.5, 0.6) is 0 Å². The Morgan fingerprint density at radius 1 is 1.24 bits per heavy atom. The summed E-state index contributed by atoms with van der Waals surface area (Å²) in [6.07, 6.45) is 7.40. The van der Waals surface area contributed by atoms with Gasteiger partial charge in [0.05, 0.1) is 22.4 Å². The number of aromatic nitrogens is 3. The SMILES string of the molecule is C=CCn1c(SCC(=O)NC2CCCCC2)nnc1C(NC(=O)c1ccc(Cl)cc1Cl)C(C)C. The number of nitrogens with zero attached hydrogens (tertiary/aromatic N) is 3. The second-order valence-electron chi connectivity index (χ2n) is 8.75. The van der Waals surface area contributed by atoms with E-state index in [0.717, 1.165) is 12.8 Å². The number of carbonyl (C=O) groups is 2. The smallest absolute Gasteiger partial charge is 0.253 e. The summed E-state index contributed by atoms with van der Waals surface area (Å²) < 4.78 is 1.89. The number of nitrogens with one attached hydrogen (secondary N) is 2. The number of thioether (sulfide) groups is 1. The predicted molar refractivity (Wildman–Crippen MR) is 137 cm³/mol. The molecule has 3 rings (SSSR count). The monoisotopic (exact) mass is 523 g/mol. The fraction of sp³-hybridized carbons (Fsp3) is 0.500. The van der Waals surface area contributed by atoms with Gasteiger partial charge in [0.15, 0.2) is 11.0 Å². The summed E-state index contributed by atoms with van der Waals surface area (Å²) >= 11 is 13.5. The number of halogens is 2. The third kappa shape index (κ3) is 6.99. The van der Waals surface area contributed by atoms with E-state index < -0.39 is 6.04 Å². The standard InChI is InChI=1S/C24H31Cl2N5O2S/c1-4-12-31-22(21(15(2)3)28-23(33)18-11-10-16(25)13-19(18)26)29-30-24(31)34-14-20(32)27-17-8-6-5-7-9-17/h4,10-11,13,15,17,21H,1,5-9,12,14H2,2-3H3,(H,27,32)(H,28,33). The molecule has 1 fully saturated rings. The summed E-state index contributed by atoms with van der Waals surface area (Å²) in [5.74, 6) is 0.552. The van der Waals surface area contributed by atoms with Crippen LogP contribution in [0.25, 0.3) is 0 Å². The number of benzene rings is 1. The highest BCUT2D eigenvalue weighted by atomic mass is 35.5. The van der Waals surface area contributed by atoms with Crippen LogP contribution >= 0.6 is 35.0 Å². The minimum absolute atomic E-state index is 0.00213. The normalized spacial score (nSPS) is 15.2. The van der Waals surface area contributed by atoms with Gasteiger partial charge in [0.1, 0.15) is 0 Å². The molecule has 2 amide bonds. The van der Waals surface area contributed by atoms with Gasteiger partial charge in [0, 0.05) is 17.6 Å². The average Bonchev–Trinajstić information content (AvgIpc) is 3.18. The predicted octanol–water partition coefficient (Wildman–Crippen LogP) is 5.44. The Labute approximate surface area is 215 Å². The molecule has 10 heteroatoms. The fourth-order valence-corrected chi connectivity index (χ4v) is 5.27. The van der Waals surface area contributed by atoms with E-state index in [1.807, 2.05) is 18.4 Å². The van der Waals surface area contributed by atoms with Crippen molar-refractivity contribution in [2.45, 2.75) is 69.7 Å². The van der Waals surface area contributed by atoms with Crippen molar-refractivity contribution >= 4 is 46.8 Å². The zero-order chi connectivity index (χ0) is 24.7. The molecule has 184 valence electrons. The van der Waals surface area contributed by atoms with Crippen LogP contribution in [0.15, 0.2) is 36.0 Å². The van der Waals surface area contributed by atoms with Gasteiger partial charge in [-0.05, 0) is 37.0 Å². The maximum absolute atomic E-state index is 13.0. The lowest BCUT2D eigenvalue weighted by molar-refractivity contribution is -0.119. The summed E-state index contributed by atoms with van der Waals surface area (Å²) in [7, 11) is 0. The molecule has 0 spiro atoms. The second kappa shape index (κ2) is 12.6. The van der Waals surface area contributed by atoms with E-state index in [0.29, 0.717) is 28.1 Å². The maximum atomic E-state index is 13.0. The van der Waals surface area contributed by atoms with Gasteiger partial charge < -0.3 is 15.2 Å². The number of carbonyl (C=O) groups excluding carboxylic acids is 2. The first-order valence-electron chi connectivity index (χ1n) is 11.5. The Morgan fingerprint density at radius 2 is 1.97 bits per heavy atom. The minimum Gasteiger partial charge on any atom is -0.353 e. The summed E-state index contributed by atoms with van der Waals surface area (Å²) in [6.45, 7) is 8.28. The average molecular weight is 525 g/mol. The Kier molecular flexibility index (Phi) is 9.85. The van der Waals surface area contributed by atoms with E-state index in [9.17, 15) is 9.59 Å². The molecule has 0 bridgehead atoms. The first-order valence-corrected chi connectivity index (χ1v) is 13.3. The third-order valence-electron chi connectivity index (χ3n) is 5.77. The molecule has 2 aromatic rings. The van der Waals surface area contributed by atoms with E-state index in [1.165, 1.54) is 37.1 Å². The zero-order valence-electron chi connectivity index (χ0n) is 19.5. The molecule has 1 aromatic heterocycles. The number of rotatable bonds is 10. The van der Waals surface area contributed by atoms with Crippen LogP contribution in [-0.2, 0) is 11.3 Å². The van der Waals surface area contributed by atoms with Crippen molar-refractivity contribution in [2.24, 2.45) is 5.92 Å². The highest BCUT2D eigenvalue weighted by Gasteiger charge is 2.27. The van der Waals surface area contributed by atoms with Crippen LogP contribution in [0.4, 0.5) is 0 Å². The highest BCUT2D eigenvalue weighted by molar-refractivity contribution is 7.99. The van der Waals surface area contributed by atoms with Gasteiger partial charge in [0.2, 0.25) is 5.91 Å². The number of hydrogen-bond donors (Lipinski definition) is 2. The summed E-state index contributed by atoms with van der Waals surface area (Å²) in [5.41, 5.74) is 0.334. The van der Waals surface area contributed by atoms with Gasteiger partial charge in [-0.25, -0.2) is 0 Å². The molecule has 34 heavy (non-hydrogen) atoms. The van der Waals surface area contributed by atoms with Crippen molar-refractivity contribution in [3.8, 4) is 0 Å². The molecule has 1 saturated carbocycles. The van der Waals surface area contributed by atoms with E-state index >= 15 is 0 Å². The molecule has 0 aliphatic heterocycles. The number of amides is 2. The van der Waals surface area contributed by atoms with Crippen molar-refractivity contribution in [3.05, 3.63) is 52.3 Å². The van der Waals surface area contributed by atoms with Gasteiger partial charge in [-0.15, -0.1) is 16.8 Å². The van der Waals surface area contributed by atoms with E-state index in [4.69, 9.17) is 23.2 Å². The highest BCUT2D eigenvalue weighted by Crippen LogP contribution is 2.27. The van der Waals surface area contributed by atoms with Crippen molar-refractivity contribution in [3.63, 3.8) is 0 Å².